The molecule has 0 spiro atoms. The van der Waals surface area contributed by atoms with Crippen LogP contribution >= 0.6 is 11.3 Å². The number of thiophene rings is 1. The van der Waals surface area contributed by atoms with E-state index < -0.39 is 11.8 Å². The van der Waals surface area contributed by atoms with E-state index in [0.29, 0.717) is 40.2 Å². The van der Waals surface area contributed by atoms with Gasteiger partial charge in [-0.25, -0.2) is 0 Å². The summed E-state index contributed by atoms with van der Waals surface area (Å²) in [6, 6.07) is 7.08. The van der Waals surface area contributed by atoms with Crippen LogP contribution in [0.4, 0.5) is 5.00 Å². The molecule has 1 heterocycles. The molecule has 3 rings (SSSR count). The van der Waals surface area contributed by atoms with Crippen molar-refractivity contribution in [1.82, 2.24) is 0 Å². The van der Waals surface area contributed by atoms with Gasteiger partial charge in [0, 0.05) is 4.88 Å². The molecule has 31 heavy (non-hydrogen) atoms. The van der Waals surface area contributed by atoms with E-state index in [1.807, 2.05) is 13.0 Å². The number of benzene rings is 1. The Labute approximate surface area is 185 Å². The van der Waals surface area contributed by atoms with Gasteiger partial charge in [-0.2, -0.15) is 5.26 Å². The van der Waals surface area contributed by atoms with Crippen molar-refractivity contribution in [2.24, 2.45) is 11.7 Å². The molecular formula is C23H25N3O4S. The van der Waals surface area contributed by atoms with E-state index in [0.717, 1.165) is 29.7 Å². The lowest BCUT2D eigenvalue weighted by Gasteiger charge is -2.18. The van der Waals surface area contributed by atoms with E-state index in [4.69, 9.17) is 15.2 Å². The van der Waals surface area contributed by atoms with Crippen LogP contribution in [0, 0.1) is 17.2 Å². The fourth-order valence-corrected chi connectivity index (χ4v) is 5.05. The lowest BCUT2D eigenvalue weighted by Crippen LogP contribution is -2.19. The number of rotatable bonds is 7. The van der Waals surface area contributed by atoms with Crippen LogP contribution in [0.25, 0.3) is 6.08 Å². The van der Waals surface area contributed by atoms with E-state index in [1.54, 1.807) is 18.2 Å². The van der Waals surface area contributed by atoms with Gasteiger partial charge < -0.3 is 20.5 Å². The number of methoxy groups -OCH3 is 1. The second-order valence-corrected chi connectivity index (χ2v) is 8.49. The number of hydrogen-bond donors (Lipinski definition) is 2. The second-order valence-electron chi connectivity index (χ2n) is 7.39. The highest BCUT2D eigenvalue weighted by Crippen LogP contribution is 2.39. The fourth-order valence-electron chi connectivity index (χ4n) is 3.63. The van der Waals surface area contributed by atoms with Crippen molar-refractivity contribution >= 4 is 34.2 Å². The summed E-state index contributed by atoms with van der Waals surface area (Å²) in [4.78, 5) is 26.0. The van der Waals surface area contributed by atoms with E-state index in [1.165, 1.54) is 24.5 Å². The number of fused-ring (bicyclic) bond motifs is 1. The summed E-state index contributed by atoms with van der Waals surface area (Å²) in [7, 11) is 1.52. The predicted molar refractivity (Wildman–Crippen MR) is 120 cm³/mol. The zero-order valence-electron chi connectivity index (χ0n) is 17.8. The van der Waals surface area contributed by atoms with Gasteiger partial charge in [0.2, 0.25) is 0 Å². The predicted octanol–water partition coefficient (Wildman–Crippen LogP) is 3.92. The highest BCUT2D eigenvalue weighted by molar-refractivity contribution is 7.17. The molecule has 1 atom stereocenters. The third kappa shape index (κ3) is 4.89. The van der Waals surface area contributed by atoms with Gasteiger partial charge in [0.25, 0.3) is 11.8 Å². The van der Waals surface area contributed by atoms with Gasteiger partial charge >= 0.3 is 0 Å². The molecule has 162 valence electrons. The Morgan fingerprint density at radius 1 is 1.39 bits per heavy atom. The van der Waals surface area contributed by atoms with Gasteiger partial charge in [0.1, 0.15) is 16.6 Å². The second kappa shape index (κ2) is 9.67. The summed E-state index contributed by atoms with van der Waals surface area (Å²) in [5, 5.41) is 12.7. The van der Waals surface area contributed by atoms with Crippen LogP contribution < -0.4 is 20.5 Å². The minimum absolute atomic E-state index is 0.0960. The average molecular weight is 440 g/mol. The van der Waals surface area contributed by atoms with Crippen LogP contribution in [0.5, 0.6) is 11.5 Å². The standard InChI is InChI=1S/C23H25N3O4S/c1-4-30-17-8-6-14(11-18(17)29-3)10-15(12-24)22(28)26-23-20(21(25)27)16-7-5-13(2)9-19(16)31-23/h6,8,10-11,13H,4-5,7,9H2,1-3H3,(H2,25,27)(H,26,28)/b15-10+/t13-/m0/s1. The highest BCUT2D eigenvalue weighted by atomic mass is 32.1. The number of carbonyl (C=O) groups excluding carboxylic acids is 2. The van der Waals surface area contributed by atoms with Gasteiger partial charge in [-0.3, -0.25) is 9.59 Å². The molecule has 0 saturated carbocycles. The maximum absolute atomic E-state index is 12.8. The van der Waals surface area contributed by atoms with Gasteiger partial charge in [0.15, 0.2) is 11.5 Å². The monoisotopic (exact) mass is 439 g/mol. The molecule has 0 radical (unpaired) electrons. The summed E-state index contributed by atoms with van der Waals surface area (Å²) < 4.78 is 10.8. The summed E-state index contributed by atoms with van der Waals surface area (Å²) in [6.07, 6.45) is 4.05. The lowest BCUT2D eigenvalue weighted by molar-refractivity contribution is -0.112. The first-order chi connectivity index (χ1) is 14.9. The number of primary amides is 1. The number of carbonyl (C=O) groups is 2. The summed E-state index contributed by atoms with van der Waals surface area (Å²) >= 11 is 1.36. The van der Waals surface area contributed by atoms with Crippen molar-refractivity contribution in [3.8, 4) is 17.6 Å². The maximum Gasteiger partial charge on any atom is 0.266 e. The van der Waals surface area contributed by atoms with Gasteiger partial charge in [-0.05, 0) is 61.4 Å². The molecular weight excluding hydrogens is 414 g/mol. The third-order valence-corrected chi connectivity index (χ3v) is 6.32. The Morgan fingerprint density at radius 2 is 2.16 bits per heavy atom. The van der Waals surface area contributed by atoms with Crippen LogP contribution in [-0.2, 0) is 17.6 Å². The quantitative estimate of drug-likeness (QED) is 0.501. The first-order valence-electron chi connectivity index (χ1n) is 10.1. The molecule has 1 aromatic carbocycles. The number of nitrogens with two attached hydrogens (primary N) is 1. The molecule has 0 bridgehead atoms. The molecule has 8 heteroatoms. The highest BCUT2D eigenvalue weighted by Gasteiger charge is 2.27. The number of anilines is 1. The smallest absolute Gasteiger partial charge is 0.266 e. The van der Waals surface area contributed by atoms with Crippen molar-refractivity contribution in [3.05, 3.63) is 45.3 Å². The molecule has 0 unspecified atom stereocenters. The van der Waals surface area contributed by atoms with Crippen LogP contribution in [0.15, 0.2) is 23.8 Å². The van der Waals surface area contributed by atoms with Crippen LogP contribution in [0.3, 0.4) is 0 Å². The zero-order chi connectivity index (χ0) is 22.5. The minimum Gasteiger partial charge on any atom is -0.493 e. The van der Waals surface area contributed by atoms with Crippen molar-refractivity contribution in [2.45, 2.75) is 33.1 Å². The third-order valence-electron chi connectivity index (χ3n) is 5.15. The van der Waals surface area contributed by atoms with E-state index in [-0.39, 0.29) is 5.57 Å². The number of nitrogens with one attached hydrogen (secondary N) is 1. The molecule has 1 aliphatic rings. The van der Waals surface area contributed by atoms with Crippen molar-refractivity contribution in [1.29, 1.82) is 5.26 Å². The number of nitriles is 1. The maximum atomic E-state index is 12.8. The molecule has 0 aliphatic heterocycles. The Kier molecular flexibility index (Phi) is 6.98. The molecule has 0 fully saturated rings. The number of ether oxygens (including phenoxy) is 2. The minimum atomic E-state index is -0.593. The first-order valence-corrected chi connectivity index (χ1v) is 10.9. The number of hydrogen-bond acceptors (Lipinski definition) is 6. The Hall–Kier alpha value is -3.31. The summed E-state index contributed by atoms with van der Waals surface area (Å²) in [6.45, 7) is 4.52. The lowest BCUT2D eigenvalue weighted by atomic mass is 9.88. The zero-order valence-corrected chi connectivity index (χ0v) is 18.6. The summed E-state index contributed by atoms with van der Waals surface area (Å²) in [5.74, 6) is 0.434. The Balaban J connectivity index is 1.89. The molecule has 2 amide bonds. The van der Waals surface area contributed by atoms with Gasteiger partial charge in [-0.1, -0.05) is 13.0 Å². The van der Waals surface area contributed by atoms with Crippen LogP contribution in [-0.4, -0.2) is 25.5 Å². The topological polar surface area (TPSA) is 114 Å². The number of nitrogens with zero attached hydrogens (tertiary/aromatic N) is 1. The molecule has 1 aromatic heterocycles. The van der Waals surface area contributed by atoms with Crippen LogP contribution in [0.2, 0.25) is 0 Å². The molecule has 7 nitrogen and oxygen atoms in total. The van der Waals surface area contributed by atoms with Gasteiger partial charge in [-0.15, -0.1) is 11.3 Å². The number of amides is 2. The molecule has 1 aliphatic carbocycles. The van der Waals surface area contributed by atoms with E-state index >= 15 is 0 Å². The normalized spacial score (nSPS) is 15.5. The Morgan fingerprint density at radius 3 is 2.81 bits per heavy atom. The molecule has 2 aromatic rings. The van der Waals surface area contributed by atoms with Gasteiger partial charge in [0.05, 0.1) is 19.3 Å². The van der Waals surface area contributed by atoms with Crippen LogP contribution in [0.1, 0.15) is 46.6 Å². The first kappa shape index (κ1) is 22.4. The fraction of sp³-hybridized carbons (Fsp3) is 0.348. The Bertz CT molecular complexity index is 1080. The largest absolute Gasteiger partial charge is 0.493 e. The van der Waals surface area contributed by atoms with E-state index in [2.05, 4.69) is 12.2 Å². The SMILES string of the molecule is CCOc1ccc(/C=C(\C#N)C(=O)Nc2sc3c(c2C(N)=O)CC[C@H](C)C3)cc1OC. The average Bonchev–Trinajstić information content (AvgIpc) is 3.09. The summed E-state index contributed by atoms with van der Waals surface area (Å²) in [5.41, 5.74) is 7.41. The molecule has 3 N–H and O–H groups in total. The molecule has 0 saturated heterocycles. The van der Waals surface area contributed by atoms with E-state index in [9.17, 15) is 14.9 Å². The van der Waals surface area contributed by atoms with Crippen molar-refractivity contribution in [3.63, 3.8) is 0 Å². The van der Waals surface area contributed by atoms with Crippen molar-refractivity contribution in [2.75, 3.05) is 19.0 Å². The van der Waals surface area contributed by atoms with Crippen molar-refractivity contribution < 1.29 is 19.1 Å².